The molecule has 1 atom stereocenters. The lowest BCUT2D eigenvalue weighted by Gasteiger charge is -2.13. The van der Waals surface area contributed by atoms with Crippen LogP contribution < -0.4 is 10.6 Å². The zero-order valence-corrected chi connectivity index (χ0v) is 11.3. The van der Waals surface area contributed by atoms with Crippen molar-refractivity contribution >= 4 is 34.7 Å². The molecule has 0 aliphatic heterocycles. The van der Waals surface area contributed by atoms with Crippen molar-refractivity contribution in [3.05, 3.63) is 39.0 Å². The molecular formula is C11H11N3O3S2. The molecule has 2 rings (SSSR count). The van der Waals surface area contributed by atoms with Crippen LogP contribution in [0.25, 0.3) is 0 Å². The number of rotatable bonds is 5. The first-order valence-corrected chi connectivity index (χ1v) is 7.10. The molecule has 2 heterocycles. The molecule has 0 aromatic carbocycles. The van der Waals surface area contributed by atoms with E-state index in [4.69, 9.17) is 5.11 Å². The summed E-state index contributed by atoms with van der Waals surface area (Å²) in [5.41, 5.74) is 1.67. The molecule has 3 N–H and O–H groups in total. The first-order chi connectivity index (χ1) is 9.16. The van der Waals surface area contributed by atoms with E-state index < -0.39 is 18.0 Å². The fourth-order valence-corrected chi connectivity index (χ4v) is 2.69. The summed E-state index contributed by atoms with van der Waals surface area (Å²) in [4.78, 5) is 28.1. The summed E-state index contributed by atoms with van der Waals surface area (Å²) in [7, 11) is 0. The van der Waals surface area contributed by atoms with E-state index in [9.17, 15) is 9.59 Å². The third kappa shape index (κ3) is 3.76. The number of carboxylic acids is 1. The Morgan fingerprint density at radius 2 is 2.26 bits per heavy atom. The van der Waals surface area contributed by atoms with Gasteiger partial charge >= 0.3 is 12.0 Å². The monoisotopic (exact) mass is 297 g/mol. The van der Waals surface area contributed by atoms with Crippen LogP contribution in [0.5, 0.6) is 0 Å². The Morgan fingerprint density at radius 1 is 1.42 bits per heavy atom. The second-order valence-electron chi connectivity index (χ2n) is 3.58. The molecule has 0 fully saturated rings. The molecule has 2 amide bonds. The van der Waals surface area contributed by atoms with Crippen molar-refractivity contribution in [2.45, 2.75) is 12.6 Å². The van der Waals surface area contributed by atoms with Crippen LogP contribution in [0.2, 0.25) is 0 Å². The normalized spacial score (nSPS) is 11.8. The Morgan fingerprint density at radius 3 is 2.84 bits per heavy atom. The van der Waals surface area contributed by atoms with Crippen LogP contribution in [0.3, 0.4) is 0 Å². The molecule has 2 aromatic heterocycles. The molecule has 0 saturated carbocycles. The summed E-state index contributed by atoms with van der Waals surface area (Å²) in [6, 6.07) is 1.87. The van der Waals surface area contributed by atoms with Crippen molar-refractivity contribution in [1.82, 2.24) is 15.6 Å². The fourth-order valence-electron chi connectivity index (χ4n) is 1.39. The molecule has 2 aromatic rings. The van der Waals surface area contributed by atoms with Gasteiger partial charge in [-0.25, -0.2) is 9.59 Å². The Kier molecular flexibility index (Phi) is 4.48. The molecule has 0 bridgehead atoms. The van der Waals surface area contributed by atoms with E-state index >= 15 is 0 Å². The van der Waals surface area contributed by atoms with Gasteiger partial charge in [0, 0.05) is 16.0 Å². The number of nitrogens with zero attached hydrogens (tertiary/aromatic N) is 1. The maximum absolute atomic E-state index is 11.7. The lowest BCUT2D eigenvalue weighted by molar-refractivity contribution is -0.139. The minimum atomic E-state index is -1.09. The van der Waals surface area contributed by atoms with E-state index in [0.29, 0.717) is 11.4 Å². The van der Waals surface area contributed by atoms with Gasteiger partial charge in [-0.15, -0.1) is 22.7 Å². The highest BCUT2D eigenvalue weighted by atomic mass is 32.1. The molecule has 0 spiro atoms. The zero-order chi connectivity index (χ0) is 13.7. The summed E-state index contributed by atoms with van der Waals surface area (Å²) in [5, 5.41) is 15.9. The van der Waals surface area contributed by atoms with E-state index in [2.05, 4.69) is 15.6 Å². The lowest BCUT2D eigenvalue weighted by Crippen LogP contribution is -2.40. The fraction of sp³-hybridized carbons (Fsp3) is 0.182. The molecule has 1 unspecified atom stereocenters. The summed E-state index contributed by atoms with van der Waals surface area (Å²) in [6.07, 6.45) is 1.65. The van der Waals surface area contributed by atoms with Gasteiger partial charge in [0.25, 0.3) is 0 Å². The van der Waals surface area contributed by atoms with Crippen molar-refractivity contribution in [3.8, 4) is 0 Å². The summed E-state index contributed by atoms with van der Waals surface area (Å²) >= 11 is 2.71. The molecule has 6 nitrogen and oxygen atoms in total. The van der Waals surface area contributed by atoms with Gasteiger partial charge in [0.05, 0.1) is 12.1 Å². The van der Waals surface area contributed by atoms with Crippen LogP contribution in [-0.2, 0) is 11.3 Å². The molecule has 0 radical (unpaired) electrons. The topological polar surface area (TPSA) is 91.3 Å². The second-order valence-corrected chi connectivity index (χ2v) is 5.53. The first kappa shape index (κ1) is 13.5. The highest BCUT2D eigenvalue weighted by Crippen LogP contribution is 2.19. The van der Waals surface area contributed by atoms with Gasteiger partial charge in [0.2, 0.25) is 0 Å². The maximum atomic E-state index is 11.7. The van der Waals surface area contributed by atoms with Crippen LogP contribution in [-0.4, -0.2) is 22.1 Å². The molecule has 0 aliphatic carbocycles. The number of hydrogen-bond donors (Lipinski definition) is 3. The van der Waals surface area contributed by atoms with Gasteiger partial charge in [0.15, 0.2) is 6.04 Å². The molecular weight excluding hydrogens is 286 g/mol. The number of carbonyl (C=O) groups excluding carboxylic acids is 1. The third-order valence-electron chi connectivity index (χ3n) is 2.26. The summed E-state index contributed by atoms with van der Waals surface area (Å²) in [6.45, 7) is 0.327. The first-order valence-electron chi connectivity index (χ1n) is 5.35. The standard InChI is InChI=1S/C11H11N3O3S2/c15-10(16)9(8-2-1-3-18-8)14-11(17)13-5-7-4-12-6-19-7/h1-4,6,9H,5H2,(H,15,16)(H2,13,14,17). The average Bonchev–Trinajstić information content (AvgIpc) is 3.05. The van der Waals surface area contributed by atoms with Gasteiger partial charge < -0.3 is 15.7 Å². The number of amides is 2. The van der Waals surface area contributed by atoms with Crippen LogP contribution in [0, 0.1) is 0 Å². The second kappa shape index (κ2) is 6.30. The third-order valence-corrected chi connectivity index (χ3v) is 3.97. The van der Waals surface area contributed by atoms with Gasteiger partial charge in [-0.3, -0.25) is 4.98 Å². The summed E-state index contributed by atoms with van der Waals surface area (Å²) < 4.78 is 0. The Labute approximate surface area is 117 Å². The van der Waals surface area contributed by atoms with E-state index in [1.54, 1.807) is 29.2 Å². The predicted molar refractivity (Wildman–Crippen MR) is 72.2 cm³/mol. The average molecular weight is 297 g/mol. The van der Waals surface area contributed by atoms with Gasteiger partial charge in [-0.1, -0.05) is 6.07 Å². The number of nitrogens with one attached hydrogen (secondary N) is 2. The van der Waals surface area contributed by atoms with E-state index in [1.807, 2.05) is 0 Å². The zero-order valence-electron chi connectivity index (χ0n) is 9.70. The number of aliphatic carboxylic acids is 1. The maximum Gasteiger partial charge on any atom is 0.331 e. The molecule has 100 valence electrons. The SMILES string of the molecule is O=C(NCc1cncs1)NC(C(=O)O)c1cccs1. The van der Waals surface area contributed by atoms with Gasteiger partial charge in [0.1, 0.15) is 0 Å². The molecule has 0 saturated heterocycles. The van der Waals surface area contributed by atoms with Crippen molar-refractivity contribution in [1.29, 1.82) is 0 Å². The van der Waals surface area contributed by atoms with Crippen LogP contribution >= 0.6 is 22.7 Å². The van der Waals surface area contributed by atoms with Gasteiger partial charge in [-0.05, 0) is 11.4 Å². The number of thiazole rings is 1. The predicted octanol–water partition coefficient (Wildman–Crippen LogP) is 1.83. The number of hydrogen-bond acceptors (Lipinski definition) is 5. The minimum Gasteiger partial charge on any atom is -0.479 e. The quantitative estimate of drug-likeness (QED) is 0.785. The van der Waals surface area contributed by atoms with Crippen LogP contribution in [0.15, 0.2) is 29.2 Å². The van der Waals surface area contributed by atoms with Crippen molar-refractivity contribution in [2.24, 2.45) is 0 Å². The Hall–Kier alpha value is -1.93. The lowest BCUT2D eigenvalue weighted by atomic mass is 10.2. The molecule has 8 heteroatoms. The van der Waals surface area contributed by atoms with E-state index in [-0.39, 0.29) is 0 Å². The highest BCUT2D eigenvalue weighted by molar-refractivity contribution is 7.10. The van der Waals surface area contributed by atoms with Gasteiger partial charge in [-0.2, -0.15) is 0 Å². The number of urea groups is 1. The Balaban J connectivity index is 1.90. The number of aromatic nitrogens is 1. The highest BCUT2D eigenvalue weighted by Gasteiger charge is 2.22. The Bertz CT molecular complexity index is 540. The number of thiophene rings is 1. The largest absolute Gasteiger partial charge is 0.479 e. The number of carbonyl (C=O) groups is 2. The van der Waals surface area contributed by atoms with Crippen molar-refractivity contribution < 1.29 is 14.7 Å². The molecule has 0 aliphatic rings. The smallest absolute Gasteiger partial charge is 0.331 e. The van der Waals surface area contributed by atoms with E-state index in [0.717, 1.165) is 4.88 Å². The van der Waals surface area contributed by atoms with Crippen molar-refractivity contribution in [2.75, 3.05) is 0 Å². The van der Waals surface area contributed by atoms with Crippen molar-refractivity contribution in [3.63, 3.8) is 0 Å². The molecule has 19 heavy (non-hydrogen) atoms. The number of carboxylic acid groups (broad SMARTS) is 1. The van der Waals surface area contributed by atoms with Crippen LogP contribution in [0.4, 0.5) is 4.79 Å². The van der Waals surface area contributed by atoms with E-state index in [1.165, 1.54) is 22.7 Å². The minimum absolute atomic E-state index is 0.327. The van der Waals surface area contributed by atoms with Crippen LogP contribution in [0.1, 0.15) is 15.8 Å². The summed E-state index contributed by atoms with van der Waals surface area (Å²) in [5.74, 6) is -1.09.